The molecule has 4 heteroatoms. The SMILES string of the molecule is CCC(=Cc1nc(CC(C)NC)no1)CC. The molecule has 90 valence electrons. The van der Waals surface area contributed by atoms with Crippen LogP contribution in [-0.2, 0) is 6.42 Å². The summed E-state index contributed by atoms with van der Waals surface area (Å²) >= 11 is 0. The number of aromatic nitrogens is 2. The Labute approximate surface area is 97.1 Å². The van der Waals surface area contributed by atoms with Crippen LogP contribution in [0.5, 0.6) is 0 Å². The van der Waals surface area contributed by atoms with Crippen molar-refractivity contribution in [3.8, 4) is 0 Å². The van der Waals surface area contributed by atoms with Crippen LogP contribution in [0.15, 0.2) is 10.1 Å². The molecule has 0 amide bonds. The van der Waals surface area contributed by atoms with E-state index in [1.165, 1.54) is 5.57 Å². The fourth-order valence-electron chi connectivity index (χ4n) is 1.41. The Morgan fingerprint density at radius 2 is 2.12 bits per heavy atom. The van der Waals surface area contributed by atoms with Gasteiger partial charge in [0, 0.05) is 18.5 Å². The summed E-state index contributed by atoms with van der Waals surface area (Å²) in [5.74, 6) is 1.39. The smallest absolute Gasteiger partial charge is 0.250 e. The van der Waals surface area contributed by atoms with Crippen molar-refractivity contribution >= 4 is 6.08 Å². The summed E-state index contributed by atoms with van der Waals surface area (Å²) in [5, 5.41) is 7.10. The molecule has 1 heterocycles. The Morgan fingerprint density at radius 3 is 2.69 bits per heavy atom. The highest BCUT2D eigenvalue weighted by atomic mass is 16.5. The Bertz CT molecular complexity index is 338. The van der Waals surface area contributed by atoms with Gasteiger partial charge >= 0.3 is 0 Å². The molecule has 0 aromatic carbocycles. The molecular formula is C12H21N3O. The molecule has 0 aliphatic heterocycles. The molecule has 0 aliphatic rings. The normalized spacial score (nSPS) is 12.5. The van der Waals surface area contributed by atoms with E-state index in [2.05, 4.69) is 36.2 Å². The summed E-state index contributed by atoms with van der Waals surface area (Å²) in [6.07, 6.45) is 4.84. The van der Waals surface area contributed by atoms with Gasteiger partial charge in [-0.25, -0.2) is 0 Å². The third kappa shape index (κ3) is 3.77. The number of rotatable bonds is 6. The summed E-state index contributed by atoms with van der Waals surface area (Å²) in [7, 11) is 1.93. The lowest BCUT2D eigenvalue weighted by Gasteiger charge is -2.04. The molecule has 0 fully saturated rings. The third-order valence-electron chi connectivity index (χ3n) is 2.70. The van der Waals surface area contributed by atoms with Gasteiger partial charge in [0.1, 0.15) is 0 Å². The minimum Gasteiger partial charge on any atom is -0.335 e. The van der Waals surface area contributed by atoms with Crippen LogP contribution in [0.25, 0.3) is 6.08 Å². The number of hydrogen-bond acceptors (Lipinski definition) is 4. The quantitative estimate of drug-likeness (QED) is 0.804. The van der Waals surface area contributed by atoms with E-state index >= 15 is 0 Å². The zero-order valence-electron chi connectivity index (χ0n) is 10.6. The van der Waals surface area contributed by atoms with Crippen LogP contribution in [-0.4, -0.2) is 23.2 Å². The topological polar surface area (TPSA) is 51.0 Å². The van der Waals surface area contributed by atoms with Gasteiger partial charge in [-0.3, -0.25) is 0 Å². The van der Waals surface area contributed by atoms with Crippen LogP contribution in [0, 0.1) is 0 Å². The zero-order chi connectivity index (χ0) is 12.0. The van der Waals surface area contributed by atoms with Crippen molar-refractivity contribution in [2.75, 3.05) is 7.05 Å². The summed E-state index contributed by atoms with van der Waals surface area (Å²) in [4.78, 5) is 4.34. The molecule has 0 saturated carbocycles. The monoisotopic (exact) mass is 223 g/mol. The lowest BCUT2D eigenvalue weighted by Crippen LogP contribution is -2.24. The molecule has 16 heavy (non-hydrogen) atoms. The van der Waals surface area contributed by atoms with E-state index in [0.29, 0.717) is 11.9 Å². The van der Waals surface area contributed by atoms with Gasteiger partial charge in [-0.2, -0.15) is 4.98 Å². The molecule has 1 aromatic heterocycles. The van der Waals surface area contributed by atoms with Gasteiger partial charge in [-0.1, -0.05) is 24.6 Å². The van der Waals surface area contributed by atoms with Crippen LogP contribution in [0.4, 0.5) is 0 Å². The minimum absolute atomic E-state index is 0.367. The van der Waals surface area contributed by atoms with Gasteiger partial charge in [-0.15, -0.1) is 0 Å². The lowest BCUT2D eigenvalue weighted by atomic mass is 10.1. The second kappa shape index (κ2) is 6.43. The highest BCUT2D eigenvalue weighted by Gasteiger charge is 2.08. The van der Waals surface area contributed by atoms with Gasteiger partial charge in [-0.05, 0) is 26.8 Å². The van der Waals surface area contributed by atoms with Crippen LogP contribution >= 0.6 is 0 Å². The number of allylic oxidation sites excluding steroid dienone is 1. The maximum absolute atomic E-state index is 5.18. The first-order valence-electron chi connectivity index (χ1n) is 5.88. The van der Waals surface area contributed by atoms with Crippen molar-refractivity contribution in [3.05, 3.63) is 17.3 Å². The van der Waals surface area contributed by atoms with Crippen molar-refractivity contribution in [1.82, 2.24) is 15.5 Å². The van der Waals surface area contributed by atoms with Crippen LogP contribution in [0.2, 0.25) is 0 Å². The van der Waals surface area contributed by atoms with E-state index in [1.807, 2.05) is 13.1 Å². The van der Waals surface area contributed by atoms with Crippen LogP contribution in [0.1, 0.15) is 45.3 Å². The first-order valence-corrected chi connectivity index (χ1v) is 5.88. The summed E-state index contributed by atoms with van der Waals surface area (Å²) in [6, 6.07) is 0.367. The molecule has 0 saturated heterocycles. The zero-order valence-corrected chi connectivity index (χ0v) is 10.6. The average molecular weight is 223 g/mol. The van der Waals surface area contributed by atoms with E-state index in [1.54, 1.807) is 0 Å². The molecule has 1 unspecified atom stereocenters. The van der Waals surface area contributed by atoms with Crippen molar-refractivity contribution in [1.29, 1.82) is 0 Å². The molecule has 0 aliphatic carbocycles. The summed E-state index contributed by atoms with van der Waals surface area (Å²) in [5.41, 5.74) is 1.33. The molecular weight excluding hydrogens is 202 g/mol. The van der Waals surface area contributed by atoms with Gasteiger partial charge in [0.05, 0.1) is 0 Å². The van der Waals surface area contributed by atoms with Crippen molar-refractivity contribution in [2.24, 2.45) is 0 Å². The fourth-order valence-corrected chi connectivity index (χ4v) is 1.41. The number of hydrogen-bond donors (Lipinski definition) is 1. The maximum Gasteiger partial charge on any atom is 0.250 e. The molecule has 1 rings (SSSR count). The predicted molar refractivity (Wildman–Crippen MR) is 65.1 cm³/mol. The Kier molecular flexibility index (Phi) is 5.19. The Hall–Kier alpha value is -1.16. The van der Waals surface area contributed by atoms with Gasteiger partial charge < -0.3 is 9.84 Å². The Morgan fingerprint density at radius 1 is 1.44 bits per heavy atom. The molecule has 4 nitrogen and oxygen atoms in total. The van der Waals surface area contributed by atoms with Gasteiger partial charge in [0.2, 0.25) is 0 Å². The standard InChI is InChI=1S/C12H21N3O/c1-5-10(6-2)8-12-14-11(15-16-12)7-9(3)13-4/h8-9,13H,5-7H2,1-4H3. The first-order chi connectivity index (χ1) is 7.69. The Balaban J connectivity index is 2.67. The summed E-state index contributed by atoms with van der Waals surface area (Å²) < 4.78 is 5.18. The van der Waals surface area contributed by atoms with Crippen molar-refractivity contribution < 1.29 is 4.52 Å². The second-order valence-corrected chi connectivity index (χ2v) is 3.95. The average Bonchev–Trinajstić information content (AvgIpc) is 2.73. The first kappa shape index (κ1) is 12.9. The van der Waals surface area contributed by atoms with Gasteiger partial charge in [0.15, 0.2) is 5.82 Å². The second-order valence-electron chi connectivity index (χ2n) is 3.95. The number of nitrogens with one attached hydrogen (secondary N) is 1. The third-order valence-corrected chi connectivity index (χ3v) is 2.70. The molecule has 0 spiro atoms. The van der Waals surface area contributed by atoms with E-state index in [-0.39, 0.29) is 0 Å². The maximum atomic E-state index is 5.18. The van der Waals surface area contributed by atoms with E-state index in [4.69, 9.17) is 4.52 Å². The van der Waals surface area contributed by atoms with E-state index in [0.717, 1.165) is 25.1 Å². The molecule has 1 aromatic rings. The van der Waals surface area contributed by atoms with Crippen LogP contribution < -0.4 is 5.32 Å². The molecule has 0 radical (unpaired) electrons. The molecule has 0 bridgehead atoms. The highest BCUT2D eigenvalue weighted by molar-refractivity contribution is 5.42. The van der Waals surface area contributed by atoms with E-state index in [9.17, 15) is 0 Å². The van der Waals surface area contributed by atoms with Gasteiger partial charge in [0.25, 0.3) is 5.89 Å². The molecule has 1 N–H and O–H groups in total. The highest BCUT2D eigenvalue weighted by Crippen LogP contribution is 2.11. The lowest BCUT2D eigenvalue weighted by molar-refractivity contribution is 0.399. The van der Waals surface area contributed by atoms with Crippen molar-refractivity contribution in [2.45, 2.75) is 46.1 Å². The molecule has 1 atom stereocenters. The fraction of sp³-hybridized carbons (Fsp3) is 0.667. The van der Waals surface area contributed by atoms with Crippen LogP contribution in [0.3, 0.4) is 0 Å². The number of nitrogens with zero attached hydrogens (tertiary/aromatic N) is 2. The van der Waals surface area contributed by atoms with Crippen molar-refractivity contribution in [3.63, 3.8) is 0 Å². The number of likely N-dealkylation sites (N-methyl/N-ethyl adjacent to an activating group) is 1. The minimum atomic E-state index is 0.367. The summed E-state index contributed by atoms with van der Waals surface area (Å²) in [6.45, 7) is 6.36. The van der Waals surface area contributed by atoms with E-state index < -0.39 is 0 Å². The largest absolute Gasteiger partial charge is 0.335 e. The predicted octanol–water partition coefficient (Wildman–Crippen LogP) is 2.42.